The molecule has 0 saturated carbocycles. The predicted octanol–water partition coefficient (Wildman–Crippen LogP) is -1.78. The van der Waals surface area contributed by atoms with Gasteiger partial charge in [0, 0.05) is 24.8 Å². The first-order valence-corrected chi connectivity index (χ1v) is 8.37. The summed E-state index contributed by atoms with van der Waals surface area (Å²) in [5.74, 6) is 0.216. The van der Waals surface area contributed by atoms with Crippen molar-refractivity contribution >= 4 is 29.3 Å². The van der Waals surface area contributed by atoms with Crippen molar-refractivity contribution in [3.63, 3.8) is 0 Å². The number of hydrogen-bond donors (Lipinski definition) is 6. The summed E-state index contributed by atoms with van der Waals surface area (Å²) in [5.41, 5.74) is 9.21. The zero-order chi connectivity index (χ0) is 19.7. The SMILES string of the molecule is Nc1nc(N/N=C/N2C=CNC=C2)nc2c1ncn2[C@@H]1O[C@H](CO)[C@@H](O)[C@H]1O. The number of nitrogens with one attached hydrogen (secondary N) is 2. The van der Waals surface area contributed by atoms with E-state index in [-0.39, 0.29) is 17.4 Å². The molecule has 0 amide bonds. The normalized spacial score (nSPS) is 27.0. The fourth-order valence-electron chi connectivity index (χ4n) is 2.88. The molecule has 2 aromatic heterocycles. The highest BCUT2D eigenvalue weighted by Gasteiger charge is 2.44. The monoisotopic (exact) mass is 389 g/mol. The number of nitrogens with two attached hydrogens (primary N) is 1. The van der Waals surface area contributed by atoms with Crippen LogP contribution >= 0.6 is 0 Å². The lowest BCUT2D eigenvalue weighted by atomic mass is 10.1. The Morgan fingerprint density at radius 3 is 2.79 bits per heavy atom. The van der Waals surface area contributed by atoms with Crippen molar-refractivity contribution in [2.45, 2.75) is 24.5 Å². The molecule has 0 bridgehead atoms. The largest absolute Gasteiger partial charge is 0.394 e. The van der Waals surface area contributed by atoms with Crippen molar-refractivity contribution in [2.75, 3.05) is 17.8 Å². The molecule has 148 valence electrons. The van der Waals surface area contributed by atoms with Crippen molar-refractivity contribution in [1.29, 1.82) is 0 Å². The molecule has 2 aliphatic heterocycles. The molecule has 13 heteroatoms. The number of aliphatic hydroxyl groups excluding tert-OH is 3. The van der Waals surface area contributed by atoms with Crippen LogP contribution in [0.2, 0.25) is 0 Å². The lowest BCUT2D eigenvalue weighted by molar-refractivity contribution is -0.0511. The molecule has 28 heavy (non-hydrogen) atoms. The summed E-state index contributed by atoms with van der Waals surface area (Å²) in [6.07, 6.45) is 5.41. The molecule has 0 unspecified atom stereocenters. The van der Waals surface area contributed by atoms with Crippen LogP contribution in [-0.4, -0.2) is 71.0 Å². The Bertz CT molecular complexity index is 931. The Kier molecular flexibility index (Phi) is 4.79. The highest BCUT2D eigenvalue weighted by atomic mass is 16.6. The average Bonchev–Trinajstić information content (AvgIpc) is 3.24. The van der Waals surface area contributed by atoms with E-state index in [0.29, 0.717) is 5.52 Å². The average molecular weight is 389 g/mol. The van der Waals surface area contributed by atoms with Crippen LogP contribution in [0.4, 0.5) is 11.8 Å². The number of ether oxygens (including phenoxy) is 1. The minimum Gasteiger partial charge on any atom is -0.394 e. The second-order valence-electron chi connectivity index (χ2n) is 6.09. The molecule has 0 aliphatic carbocycles. The van der Waals surface area contributed by atoms with Gasteiger partial charge in [-0.15, -0.1) is 0 Å². The van der Waals surface area contributed by atoms with Gasteiger partial charge in [0.05, 0.1) is 12.9 Å². The van der Waals surface area contributed by atoms with E-state index in [9.17, 15) is 15.3 Å². The van der Waals surface area contributed by atoms with Gasteiger partial charge in [-0.3, -0.25) is 4.57 Å². The number of hydrogen-bond acceptors (Lipinski definition) is 11. The molecule has 4 heterocycles. The van der Waals surface area contributed by atoms with Crippen LogP contribution in [0.15, 0.2) is 36.2 Å². The molecule has 2 aromatic rings. The molecule has 0 spiro atoms. The molecule has 0 aromatic carbocycles. The van der Waals surface area contributed by atoms with Gasteiger partial charge >= 0.3 is 0 Å². The van der Waals surface area contributed by atoms with Crippen molar-refractivity contribution in [3.05, 3.63) is 31.1 Å². The molecule has 0 radical (unpaired) electrons. The van der Waals surface area contributed by atoms with Crippen molar-refractivity contribution in [1.82, 2.24) is 29.7 Å². The van der Waals surface area contributed by atoms with Gasteiger partial charge in [-0.05, 0) is 0 Å². The summed E-state index contributed by atoms with van der Waals surface area (Å²) in [4.78, 5) is 14.2. The third kappa shape index (κ3) is 3.22. The fraction of sp³-hybridized carbons (Fsp3) is 0.333. The summed E-state index contributed by atoms with van der Waals surface area (Å²) in [6.45, 7) is -0.436. The summed E-state index contributed by atoms with van der Waals surface area (Å²) >= 11 is 0. The van der Waals surface area contributed by atoms with Gasteiger partial charge < -0.3 is 36.0 Å². The standard InChI is InChI=1S/C15H19N9O4/c16-12-9-13(21-15(20-12)22-19-7-23-3-1-17-2-4-23)24(6-18-9)14-11(27)10(26)8(5-25)28-14/h1-4,6-8,10-11,14,17,25-27H,5H2,(H3,16,20,21,22)/b19-7+/t8-,10-,11-,14-/m1/s1. The van der Waals surface area contributed by atoms with Crippen molar-refractivity contribution < 1.29 is 20.1 Å². The number of aliphatic hydroxyl groups is 3. The van der Waals surface area contributed by atoms with E-state index in [0.717, 1.165) is 0 Å². The second kappa shape index (κ2) is 7.40. The van der Waals surface area contributed by atoms with Crippen LogP contribution in [0, 0.1) is 0 Å². The van der Waals surface area contributed by atoms with Gasteiger partial charge in [0.1, 0.15) is 30.2 Å². The molecule has 1 saturated heterocycles. The van der Waals surface area contributed by atoms with Gasteiger partial charge in [0.2, 0.25) is 5.95 Å². The number of nitrogens with zero attached hydrogens (tertiary/aromatic N) is 6. The number of nitrogen functional groups attached to an aromatic ring is 1. The molecule has 4 atom stereocenters. The molecule has 7 N–H and O–H groups in total. The highest BCUT2D eigenvalue weighted by Crippen LogP contribution is 2.32. The summed E-state index contributed by atoms with van der Waals surface area (Å²) in [5, 5.41) is 36.4. The maximum absolute atomic E-state index is 10.2. The maximum atomic E-state index is 10.2. The first kappa shape index (κ1) is 18.1. The first-order chi connectivity index (χ1) is 13.6. The summed E-state index contributed by atoms with van der Waals surface area (Å²) in [7, 11) is 0. The predicted molar refractivity (Wildman–Crippen MR) is 98.1 cm³/mol. The number of aromatic nitrogens is 4. The Labute approximate surface area is 158 Å². The molecule has 13 nitrogen and oxygen atoms in total. The molecular weight excluding hydrogens is 370 g/mol. The van der Waals surface area contributed by atoms with Gasteiger partial charge in [0.25, 0.3) is 0 Å². The van der Waals surface area contributed by atoms with Gasteiger partial charge in [0.15, 0.2) is 17.7 Å². The smallest absolute Gasteiger partial charge is 0.247 e. The number of imidazole rings is 1. The van der Waals surface area contributed by atoms with Gasteiger partial charge in [-0.25, -0.2) is 10.4 Å². The van der Waals surface area contributed by atoms with Crippen LogP contribution in [-0.2, 0) is 4.74 Å². The highest BCUT2D eigenvalue weighted by molar-refractivity contribution is 5.83. The van der Waals surface area contributed by atoms with Crippen molar-refractivity contribution in [2.24, 2.45) is 5.10 Å². The Morgan fingerprint density at radius 2 is 2.07 bits per heavy atom. The summed E-state index contributed by atoms with van der Waals surface area (Å²) in [6, 6.07) is 0. The quantitative estimate of drug-likeness (QED) is 0.193. The molecule has 2 aliphatic rings. The fourth-order valence-corrected chi connectivity index (χ4v) is 2.88. The van der Waals surface area contributed by atoms with Crippen LogP contribution in [0.3, 0.4) is 0 Å². The topological polar surface area (TPSA) is 179 Å². The first-order valence-electron chi connectivity index (χ1n) is 8.37. The third-order valence-corrected chi connectivity index (χ3v) is 4.28. The van der Waals surface area contributed by atoms with Crippen molar-refractivity contribution in [3.8, 4) is 0 Å². The molecule has 4 rings (SSSR count). The van der Waals surface area contributed by atoms with Crippen LogP contribution in [0.1, 0.15) is 6.23 Å². The lowest BCUT2D eigenvalue weighted by Gasteiger charge is -2.16. The van der Waals surface area contributed by atoms with E-state index in [1.807, 2.05) is 0 Å². The van der Waals surface area contributed by atoms with Gasteiger partial charge in [-0.2, -0.15) is 15.1 Å². The van der Waals surface area contributed by atoms with Crippen LogP contribution < -0.4 is 16.5 Å². The van der Waals surface area contributed by atoms with E-state index in [2.05, 4.69) is 30.8 Å². The van der Waals surface area contributed by atoms with E-state index in [1.54, 1.807) is 29.7 Å². The van der Waals surface area contributed by atoms with E-state index >= 15 is 0 Å². The molecule has 1 fully saturated rings. The van der Waals surface area contributed by atoms with Crippen LogP contribution in [0.5, 0.6) is 0 Å². The van der Waals surface area contributed by atoms with E-state index < -0.39 is 31.1 Å². The van der Waals surface area contributed by atoms with E-state index in [1.165, 1.54) is 17.2 Å². The Balaban J connectivity index is 1.60. The van der Waals surface area contributed by atoms with Gasteiger partial charge in [-0.1, -0.05) is 0 Å². The number of fused-ring (bicyclic) bond motifs is 1. The Morgan fingerprint density at radius 1 is 1.29 bits per heavy atom. The number of anilines is 2. The minimum absolute atomic E-state index is 0.107. The number of rotatable bonds is 5. The van der Waals surface area contributed by atoms with Crippen LogP contribution in [0.25, 0.3) is 11.2 Å². The zero-order valence-electron chi connectivity index (χ0n) is 14.5. The second-order valence-corrected chi connectivity index (χ2v) is 6.09. The minimum atomic E-state index is -1.27. The molecular formula is C15H19N9O4. The Hall–Kier alpha value is -3.26. The van der Waals surface area contributed by atoms with E-state index in [4.69, 9.17) is 10.5 Å². The zero-order valence-corrected chi connectivity index (χ0v) is 14.5. The number of hydrazone groups is 1. The maximum Gasteiger partial charge on any atom is 0.247 e. The lowest BCUT2D eigenvalue weighted by Crippen LogP contribution is -2.33. The third-order valence-electron chi connectivity index (χ3n) is 4.28. The summed E-state index contributed by atoms with van der Waals surface area (Å²) < 4.78 is 6.95.